The van der Waals surface area contributed by atoms with Crippen molar-refractivity contribution in [2.75, 3.05) is 26.2 Å². The van der Waals surface area contributed by atoms with Crippen molar-refractivity contribution in [1.82, 2.24) is 15.5 Å². The average molecular weight is 307 g/mol. The molecule has 5 heteroatoms. The Morgan fingerprint density at radius 1 is 1.14 bits per heavy atom. The molecule has 5 atom stereocenters. The lowest BCUT2D eigenvalue weighted by atomic mass is 9.85. The number of fused-ring (bicyclic) bond motifs is 2. The van der Waals surface area contributed by atoms with E-state index in [0.717, 1.165) is 19.1 Å². The van der Waals surface area contributed by atoms with Crippen LogP contribution in [0, 0.1) is 23.7 Å². The van der Waals surface area contributed by atoms with Gasteiger partial charge in [-0.25, -0.2) is 4.79 Å². The van der Waals surface area contributed by atoms with Gasteiger partial charge in [-0.15, -0.1) is 0 Å². The van der Waals surface area contributed by atoms with Gasteiger partial charge in [0.2, 0.25) is 0 Å². The Morgan fingerprint density at radius 3 is 2.73 bits per heavy atom. The molecule has 1 heterocycles. The van der Waals surface area contributed by atoms with Gasteiger partial charge in [0, 0.05) is 37.7 Å². The maximum absolute atomic E-state index is 12.2. The van der Waals surface area contributed by atoms with Crippen molar-refractivity contribution >= 4 is 6.03 Å². The summed E-state index contributed by atoms with van der Waals surface area (Å²) in [5.74, 6) is 2.10. The van der Waals surface area contributed by atoms with Gasteiger partial charge in [0.25, 0.3) is 0 Å². The zero-order chi connectivity index (χ0) is 15.1. The van der Waals surface area contributed by atoms with Gasteiger partial charge in [-0.05, 0) is 62.8 Å². The van der Waals surface area contributed by atoms with Crippen LogP contribution in [0.2, 0.25) is 0 Å². The van der Waals surface area contributed by atoms with Crippen LogP contribution in [0.1, 0.15) is 38.5 Å². The maximum atomic E-state index is 12.2. The quantitative estimate of drug-likeness (QED) is 0.714. The largest absolute Gasteiger partial charge is 0.396 e. The molecule has 5 nitrogen and oxygen atoms in total. The lowest BCUT2D eigenvalue weighted by Gasteiger charge is -2.30. The second kappa shape index (κ2) is 6.00. The molecular formula is C17H29N3O2. The van der Waals surface area contributed by atoms with Crippen molar-refractivity contribution < 1.29 is 9.90 Å². The highest BCUT2D eigenvalue weighted by molar-refractivity contribution is 5.74. The number of nitrogens with one attached hydrogen (secondary N) is 2. The number of rotatable bonds is 5. The van der Waals surface area contributed by atoms with E-state index < -0.39 is 0 Å². The van der Waals surface area contributed by atoms with Crippen molar-refractivity contribution in [2.24, 2.45) is 23.7 Å². The van der Waals surface area contributed by atoms with E-state index in [2.05, 4.69) is 15.5 Å². The Morgan fingerprint density at radius 2 is 1.95 bits per heavy atom. The van der Waals surface area contributed by atoms with Crippen LogP contribution in [-0.2, 0) is 0 Å². The zero-order valence-corrected chi connectivity index (χ0v) is 13.3. The number of hydrogen-bond donors (Lipinski definition) is 3. The van der Waals surface area contributed by atoms with Crippen LogP contribution in [0.15, 0.2) is 0 Å². The third-order valence-electron chi connectivity index (χ3n) is 6.53. The molecule has 4 rings (SSSR count). The summed E-state index contributed by atoms with van der Waals surface area (Å²) in [6.07, 6.45) is 7.58. The van der Waals surface area contributed by atoms with Gasteiger partial charge in [-0.3, -0.25) is 0 Å². The monoisotopic (exact) mass is 307 g/mol. The summed E-state index contributed by atoms with van der Waals surface area (Å²) in [7, 11) is 0. The Bertz CT molecular complexity index is 426. The number of hydrogen-bond acceptors (Lipinski definition) is 3. The summed E-state index contributed by atoms with van der Waals surface area (Å²) in [4.78, 5) is 14.8. The van der Waals surface area contributed by atoms with Gasteiger partial charge in [0.1, 0.15) is 0 Å². The molecule has 124 valence electrons. The number of amides is 2. The molecule has 5 unspecified atom stereocenters. The fourth-order valence-corrected chi connectivity index (χ4v) is 5.14. The number of urea groups is 1. The Labute approximate surface area is 132 Å². The van der Waals surface area contributed by atoms with Crippen LogP contribution in [0.25, 0.3) is 0 Å². The predicted molar refractivity (Wildman–Crippen MR) is 84.4 cm³/mol. The SMILES string of the molecule is O=C(NCC1CCN(C2CC2)C1)NC1C2CCC(C2)C1CO. The van der Waals surface area contributed by atoms with Gasteiger partial charge in [0.15, 0.2) is 0 Å². The molecule has 3 saturated carbocycles. The molecule has 4 fully saturated rings. The highest BCUT2D eigenvalue weighted by atomic mass is 16.3. The van der Waals surface area contributed by atoms with Crippen LogP contribution in [0.5, 0.6) is 0 Å². The molecule has 3 aliphatic carbocycles. The molecule has 0 spiro atoms. The molecule has 0 aromatic carbocycles. The summed E-state index contributed by atoms with van der Waals surface area (Å²) >= 11 is 0. The van der Waals surface area contributed by atoms with Crippen LogP contribution in [0.3, 0.4) is 0 Å². The molecule has 2 amide bonds. The Balaban J connectivity index is 1.21. The van der Waals surface area contributed by atoms with Gasteiger partial charge in [0.05, 0.1) is 0 Å². The second-order valence-corrected chi connectivity index (χ2v) is 7.94. The summed E-state index contributed by atoms with van der Waals surface area (Å²) in [5, 5.41) is 15.8. The van der Waals surface area contributed by atoms with E-state index in [1.165, 1.54) is 45.1 Å². The molecule has 1 aliphatic heterocycles. The molecule has 22 heavy (non-hydrogen) atoms. The fraction of sp³-hybridized carbons (Fsp3) is 0.941. The average Bonchev–Trinajstić information content (AvgIpc) is 2.98. The standard InChI is InChI=1S/C17H29N3O2/c21-10-15-12-1-2-13(7-12)16(15)19-17(22)18-8-11-5-6-20(9-11)14-3-4-14/h11-16,21H,1-10H2,(H2,18,19,22). The lowest BCUT2D eigenvalue weighted by Crippen LogP contribution is -2.49. The number of aliphatic hydroxyl groups is 1. The first kappa shape index (κ1) is 14.8. The lowest BCUT2D eigenvalue weighted by molar-refractivity contribution is 0.144. The van der Waals surface area contributed by atoms with Gasteiger partial charge < -0.3 is 20.6 Å². The number of carbonyl (C=O) groups excluding carboxylic acids is 1. The smallest absolute Gasteiger partial charge is 0.315 e. The van der Waals surface area contributed by atoms with E-state index in [4.69, 9.17) is 0 Å². The van der Waals surface area contributed by atoms with E-state index in [1.807, 2.05) is 0 Å². The number of carbonyl (C=O) groups is 1. The molecule has 4 aliphatic rings. The van der Waals surface area contributed by atoms with E-state index in [-0.39, 0.29) is 24.6 Å². The molecule has 1 saturated heterocycles. The fourth-order valence-electron chi connectivity index (χ4n) is 5.14. The molecule has 0 aromatic heterocycles. The van der Waals surface area contributed by atoms with E-state index in [1.54, 1.807) is 0 Å². The Hall–Kier alpha value is -0.810. The highest BCUT2D eigenvalue weighted by Gasteiger charge is 2.47. The molecule has 2 bridgehead atoms. The normalized spacial score (nSPS) is 41.0. The summed E-state index contributed by atoms with van der Waals surface area (Å²) < 4.78 is 0. The van der Waals surface area contributed by atoms with Crippen molar-refractivity contribution in [1.29, 1.82) is 0 Å². The summed E-state index contributed by atoms with van der Waals surface area (Å²) in [6, 6.07) is 1.01. The molecule has 0 radical (unpaired) electrons. The van der Waals surface area contributed by atoms with Crippen molar-refractivity contribution in [3.63, 3.8) is 0 Å². The van der Waals surface area contributed by atoms with Crippen LogP contribution >= 0.6 is 0 Å². The van der Waals surface area contributed by atoms with Gasteiger partial charge in [-0.1, -0.05) is 0 Å². The van der Waals surface area contributed by atoms with E-state index in [0.29, 0.717) is 17.8 Å². The van der Waals surface area contributed by atoms with E-state index >= 15 is 0 Å². The number of nitrogens with zero attached hydrogens (tertiary/aromatic N) is 1. The van der Waals surface area contributed by atoms with Crippen LogP contribution in [0.4, 0.5) is 4.79 Å². The van der Waals surface area contributed by atoms with Crippen molar-refractivity contribution in [2.45, 2.75) is 50.6 Å². The molecule has 0 aromatic rings. The Kier molecular flexibility index (Phi) is 4.03. The minimum Gasteiger partial charge on any atom is -0.396 e. The minimum atomic E-state index is -0.0270. The minimum absolute atomic E-state index is 0.0270. The van der Waals surface area contributed by atoms with Crippen molar-refractivity contribution in [3.8, 4) is 0 Å². The van der Waals surface area contributed by atoms with E-state index in [9.17, 15) is 9.90 Å². The summed E-state index contributed by atoms with van der Waals surface area (Å²) in [6.45, 7) is 3.36. The zero-order valence-electron chi connectivity index (χ0n) is 13.3. The first-order valence-corrected chi connectivity index (χ1v) is 9.14. The third kappa shape index (κ3) is 2.85. The predicted octanol–water partition coefficient (Wildman–Crippen LogP) is 1.18. The van der Waals surface area contributed by atoms with Crippen LogP contribution in [-0.4, -0.2) is 54.4 Å². The van der Waals surface area contributed by atoms with Gasteiger partial charge >= 0.3 is 6.03 Å². The highest BCUT2D eigenvalue weighted by Crippen LogP contribution is 2.48. The third-order valence-corrected chi connectivity index (χ3v) is 6.53. The first-order valence-electron chi connectivity index (χ1n) is 9.14. The van der Waals surface area contributed by atoms with Crippen molar-refractivity contribution in [3.05, 3.63) is 0 Å². The summed E-state index contributed by atoms with van der Waals surface area (Å²) in [5.41, 5.74) is 0. The second-order valence-electron chi connectivity index (χ2n) is 7.94. The van der Waals surface area contributed by atoms with Crippen LogP contribution < -0.4 is 10.6 Å². The molecular weight excluding hydrogens is 278 g/mol. The maximum Gasteiger partial charge on any atom is 0.315 e. The topological polar surface area (TPSA) is 64.6 Å². The van der Waals surface area contributed by atoms with Gasteiger partial charge in [-0.2, -0.15) is 0 Å². The number of likely N-dealkylation sites (tertiary alicyclic amines) is 1. The first-order chi connectivity index (χ1) is 10.7. The number of aliphatic hydroxyl groups excluding tert-OH is 1. The molecule has 3 N–H and O–H groups in total.